The van der Waals surface area contributed by atoms with E-state index in [1.807, 2.05) is 0 Å². The Morgan fingerprint density at radius 2 is 1.69 bits per heavy atom. The molecule has 26 heavy (non-hydrogen) atoms. The van der Waals surface area contributed by atoms with Crippen molar-refractivity contribution in [3.05, 3.63) is 0 Å². The lowest BCUT2D eigenvalue weighted by atomic mass is 10.1. The maximum Gasteiger partial charge on any atom is 0.308 e. The summed E-state index contributed by atoms with van der Waals surface area (Å²) in [6, 6.07) is 0. The third-order valence-corrected chi connectivity index (χ3v) is 4.97. The van der Waals surface area contributed by atoms with Crippen LogP contribution in [-0.4, -0.2) is 66.1 Å². The SMILES string of the molecule is O=C1C[C@H](O)C[C@@H](CCl)O1.O=C1C[C@H](OC2CCCCO2)C[C@@H](CCl)O1.[HH]. The highest BCUT2D eigenvalue weighted by atomic mass is 35.5. The van der Waals surface area contributed by atoms with Gasteiger partial charge < -0.3 is 24.1 Å². The summed E-state index contributed by atoms with van der Waals surface area (Å²) in [6.45, 7) is 0.751. The van der Waals surface area contributed by atoms with Gasteiger partial charge in [-0.15, -0.1) is 23.2 Å². The Balaban J connectivity index is 0.000000288. The Labute approximate surface area is 164 Å². The average Bonchev–Trinajstić information content (AvgIpc) is 2.61. The number of alkyl halides is 2. The van der Waals surface area contributed by atoms with Gasteiger partial charge in [-0.05, 0) is 19.3 Å². The molecular formula is C17H28Cl2O7. The first kappa shape index (κ1) is 21.7. The zero-order valence-electron chi connectivity index (χ0n) is 14.6. The van der Waals surface area contributed by atoms with E-state index in [1.54, 1.807) is 0 Å². The van der Waals surface area contributed by atoms with Crippen molar-refractivity contribution >= 4 is 35.1 Å². The van der Waals surface area contributed by atoms with E-state index in [0.717, 1.165) is 25.9 Å². The van der Waals surface area contributed by atoms with Crippen LogP contribution in [0.5, 0.6) is 0 Å². The van der Waals surface area contributed by atoms with Gasteiger partial charge in [-0.2, -0.15) is 0 Å². The first-order valence-electron chi connectivity index (χ1n) is 8.96. The average molecular weight is 415 g/mol. The summed E-state index contributed by atoms with van der Waals surface area (Å²) >= 11 is 11.1. The number of cyclic esters (lactones) is 2. The van der Waals surface area contributed by atoms with Crippen LogP contribution in [0.15, 0.2) is 0 Å². The van der Waals surface area contributed by atoms with Gasteiger partial charge >= 0.3 is 11.9 Å². The Kier molecular flexibility index (Phi) is 9.42. The maximum absolute atomic E-state index is 11.3. The molecule has 1 N–H and O–H groups in total. The van der Waals surface area contributed by atoms with Crippen molar-refractivity contribution in [1.29, 1.82) is 0 Å². The normalized spacial score (nSPS) is 35.0. The minimum Gasteiger partial charge on any atom is -0.461 e. The molecule has 3 fully saturated rings. The minimum absolute atomic E-state index is 0. The summed E-state index contributed by atoms with van der Waals surface area (Å²) in [4.78, 5) is 21.9. The highest BCUT2D eigenvalue weighted by molar-refractivity contribution is 6.18. The highest BCUT2D eigenvalue weighted by Gasteiger charge is 2.31. The van der Waals surface area contributed by atoms with Gasteiger partial charge in [-0.3, -0.25) is 9.59 Å². The van der Waals surface area contributed by atoms with E-state index < -0.39 is 6.10 Å². The molecule has 0 bridgehead atoms. The van der Waals surface area contributed by atoms with Crippen molar-refractivity contribution in [2.45, 2.75) is 75.7 Å². The molecule has 152 valence electrons. The standard InChI is InChI=1S/C11H17ClO4.C6H9ClO3.H2/c12-7-9-5-8(6-10(13)15-9)16-11-3-1-2-4-14-11;7-3-5-1-4(8)2-6(9)10-5;/h8-9,11H,1-7H2;4-5,8H,1-3H2;1H/t8-,9+,11?;4-,5+;/m11./s1. The summed E-state index contributed by atoms with van der Waals surface area (Å²) in [7, 11) is 0. The lowest BCUT2D eigenvalue weighted by Gasteiger charge is -2.32. The summed E-state index contributed by atoms with van der Waals surface area (Å²) in [6.07, 6.45) is 3.37. The third-order valence-electron chi connectivity index (χ3n) is 4.28. The molecule has 0 aliphatic carbocycles. The van der Waals surface area contributed by atoms with Gasteiger partial charge in [0.1, 0.15) is 12.2 Å². The predicted molar refractivity (Wildman–Crippen MR) is 96.3 cm³/mol. The largest absolute Gasteiger partial charge is 0.461 e. The van der Waals surface area contributed by atoms with Gasteiger partial charge in [-0.1, -0.05) is 0 Å². The molecule has 9 heteroatoms. The van der Waals surface area contributed by atoms with Gasteiger partial charge in [0.2, 0.25) is 0 Å². The number of carbonyl (C=O) groups excluding carboxylic acids is 2. The van der Waals surface area contributed by atoms with Gasteiger partial charge in [0.15, 0.2) is 6.29 Å². The number of halogens is 2. The lowest BCUT2D eigenvalue weighted by Crippen LogP contribution is -2.38. The summed E-state index contributed by atoms with van der Waals surface area (Å²) in [5.74, 6) is 0.0158. The molecule has 3 aliphatic rings. The van der Waals surface area contributed by atoms with E-state index in [4.69, 9.17) is 47.3 Å². The smallest absolute Gasteiger partial charge is 0.308 e. The molecule has 3 aliphatic heterocycles. The van der Waals surface area contributed by atoms with Crippen molar-refractivity contribution in [2.75, 3.05) is 18.4 Å². The molecule has 0 aromatic carbocycles. The van der Waals surface area contributed by atoms with E-state index >= 15 is 0 Å². The van der Waals surface area contributed by atoms with Crippen LogP contribution in [0.4, 0.5) is 0 Å². The molecule has 0 aromatic rings. The number of aliphatic hydroxyl groups is 1. The van der Waals surface area contributed by atoms with Gasteiger partial charge in [0.05, 0.1) is 36.8 Å². The van der Waals surface area contributed by atoms with Crippen molar-refractivity contribution in [3.8, 4) is 0 Å². The number of carbonyl (C=O) groups is 2. The third kappa shape index (κ3) is 7.56. The topological polar surface area (TPSA) is 91.3 Å². The van der Waals surface area contributed by atoms with Crippen molar-refractivity contribution in [1.82, 2.24) is 0 Å². The second-order valence-electron chi connectivity index (χ2n) is 6.62. The number of ether oxygens (including phenoxy) is 4. The zero-order chi connectivity index (χ0) is 18.9. The fourth-order valence-corrected chi connectivity index (χ4v) is 3.41. The first-order chi connectivity index (χ1) is 12.5. The molecule has 3 saturated heterocycles. The van der Waals surface area contributed by atoms with Crippen LogP contribution in [0.2, 0.25) is 0 Å². The molecule has 0 spiro atoms. The Morgan fingerprint density at radius 3 is 2.27 bits per heavy atom. The lowest BCUT2D eigenvalue weighted by molar-refractivity contribution is -0.207. The van der Waals surface area contributed by atoms with Crippen LogP contribution in [0.1, 0.15) is 46.4 Å². The summed E-state index contributed by atoms with van der Waals surface area (Å²) < 4.78 is 21.1. The van der Waals surface area contributed by atoms with Crippen molar-refractivity contribution in [2.24, 2.45) is 0 Å². The minimum atomic E-state index is -0.565. The van der Waals surface area contributed by atoms with Crippen LogP contribution in [-0.2, 0) is 28.5 Å². The van der Waals surface area contributed by atoms with Crippen LogP contribution in [0, 0.1) is 0 Å². The number of hydrogen-bond acceptors (Lipinski definition) is 7. The number of rotatable bonds is 4. The van der Waals surface area contributed by atoms with Crippen molar-refractivity contribution < 1.29 is 35.1 Å². The quantitative estimate of drug-likeness (QED) is 0.557. The van der Waals surface area contributed by atoms with Crippen molar-refractivity contribution in [3.63, 3.8) is 0 Å². The van der Waals surface area contributed by atoms with Gasteiger partial charge in [0.25, 0.3) is 0 Å². The summed E-state index contributed by atoms with van der Waals surface area (Å²) in [5.41, 5.74) is 0. The fraction of sp³-hybridized carbons (Fsp3) is 0.882. The molecule has 3 heterocycles. The van der Waals surface area contributed by atoms with E-state index in [-0.39, 0.29) is 50.3 Å². The highest BCUT2D eigenvalue weighted by Crippen LogP contribution is 2.23. The Bertz CT molecular complexity index is 463. The van der Waals surface area contributed by atoms with E-state index in [1.165, 1.54) is 0 Å². The maximum atomic E-state index is 11.3. The first-order valence-corrected chi connectivity index (χ1v) is 10.0. The Morgan fingerprint density at radius 1 is 1.04 bits per heavy atom. The molecular weight excluding hydrogens is 387 g/mol. The van der Waals surface area contributed by atoms with Crippen LogP contribution in [0.3, 0.4) is 0 Å². The van der Waals surface area contributed by atoms with Gasteiger partial charge in [-0.25, -0.2) is 0 Å². The number of hydrogen-bond donors (Lipinski definition) is 1. The molecule has 0 aromatic heterocycles. The second-order valence-corrected chi connectivity index (χ2v) is 7.24. The molecule has 3 rings (SSSR count). The molecule has 0 saturated carbocycles. The predicted octanol–water partition coefficient (Wildman–Crippen LogP) is 2.38. The zero-order valence-corrected chi connectivity index (χ0v) is 16.1. The molecule has 7 nitrogen and oxygen atoms in total. The summed E-state index contributed by atoms with van der Waals surface area (Å²) in [5, 5.41) is 9.02. The number of aliphatic hydroxyl groups excluding tert-OH is 1. The second kappa shape index (κ2) is 11.3. The monoisotopic (exact) mass is 414 g/mol. The molecule has 0 amide bonds. The van der Waals surface area contributed by atoms with E-state index in [0.29, 0.717) is 25.1 Å². The Hall–Kier alpha value is -0.600. The van der Waals surface area contributed by atoms with Crippen LogP contribution >= 0.6 is 23.2 Å². The molecule has 1 unspecified atom stereocenters. The van der Waals surface area contributed by atoms with Crippen LogP contribution in [0.25, 0.3) is 0 Å². The van der Waals surface area contributed by atoms with E-state index in [2.05, 4.69) is 0 Å². The van der Waals surface area contributed by atoms with Gasteiger partial charge in [0, 0.05) is 20.9 Å². The molecule has 0 radical (unpaired) electrons. The van der Waals surface area contributed by atoms with Crippen LogP contribution < -0.4 is 0 Å². The number of esters is 2. The van der Waals surface area contributed by atoms with E-state index in [9.17, 15) is 9.59 Å². The fourth-order valence-electron chi connectivity index (χ4n) is 3.03. The molecule has 5 atom stereocenters.